The van der Waals surface area contributed by atoms with Crippen LogP contribution >= 0.6 is 0 Å². The number of carbonyl (C=O) groups excluding carboxylic acids is 1. The maximum Gasteiger partial charge on any atom is 0.338 e. The van der Waals surface area contributed by atoms with Crippen molar-refractivity contribution in [1.29, 1.82) is 0 Å². The van der Waals surface area contributed by atoms with Gasteiger partial charge in [0, 0.05) is 0 Å². The highest BCUT2D eigenvalue weighted by Crippen LogP contribution is 2.15. The molecular formula is C14H18O6. The zero-order valence-electron chi connectivity index (χ0n) is 11.7. The molecule has 0 aromatic heterocycles. The van der Waals surface area contributed by atoms with Gasteiger partial charge >= 0.3 is 11.9 Å². The van der Waals surface area contributed by atoms with Crippen molar-refractivity contribution in [3.63, 3.8) is 0 Å². The number of carbonyl (C=O) groups is 2. The molecule has 6 nitrogen and oxygen atoms in total. The van der Waals surface area contributed by atoms with Crippen LogP contribution in [0.5, 0.6) is 0 Å². The normalized spacial score (nSPS) is 15.9. The summed E-state index contributed by atoms with van der Waals surface area (Å²) in [6.45, 7) is 5.32. The highest BCUT2D eigenvalue weighted by Gasteiger charge is 2.23. The number of methoxy groups -OCH3 is 1. The molecule has 0 spiro atoms. The van der Waals surface area contributed by atoms with Crippen molar-refractivity contribution in [3.05, 3.63) is 35.4 Å². The summed E-state index contributed by atoms with van der Waals surface area (Å²) in [6.07, 6.45) is 0. The van der Waals surface area contributed by atoms with Gasteiger partial charge in [0.15, 0.2) is 5.79 Å². The van der Waals surface area contributed by atoms with Crippen LogP contribution < -0.4 is 0 Å². The quantitative estimate of drug-likeness (QED) is 0.835. The van der Waals surface area contributed by atoms with Crippen LogP contribution in [0.15, 0.2) is 24.3 Å². The summed E-state index contributed by atoms with van der Waals surface area (Å²) in [5.41, 5.74) is 0.0202. The zero-order chi connectivity index (χ0) is 15.2. The summed E-state index contributed by atoms with van der Waals surface area (Å²) >= 11 is 0. The monoisotopic (exact) mass is 282 g/mol. The number of ether oxygens (including phenoxy) is 3. The summed E-state index contributed by atoms with van der Waals surface area (Å²) in [5, 5.41) is 8.70. The first-order valence-electron chi connectivity index (χ1n) is 6.06. The topological polar surface area (TPSA) is 82.1 Å². The Morgan fingerprint density at radius 2 is 1.65 bits per heavy atom. The second-order valence-corrected chi connectivity index (χ2v) is 4.44. The standard InChI is InChI=1S/C9H8O4.C5H10O2/c1-13-9(12)7-5-3-2-4-6(7)8(10)11;1-5(2)6-3-4-7-5/h2-5H,1H3,(H,10,11);3-4H2,1-2H3. The molecule has 1 aromatic rings. The van der Waals surface area contributed by atoms with Crippen molar-refractivity contribution in [1.82, 2.24) is 0 Å². The second-order valence-electron chi connectivity index (χ2n) is 4.44. The molecule has 6 heteroatoms. The van der Waals surface area contributed by atoms with Crippen LogP contribution in [0.3, 0.4) is 0 Å². The minimum Gasteiger partial charge on any atom is -0.478 e. The molecule has 110 valence electrons. The van der Waals surface area contributed by atoms with Gasteiger partial charge in [0.05, 0.1) is 31.5 Å². The lowest BCUT2D eigenvalue weighted by atomic mass is 10.1. The molecule has 20 heavy (non-hydrogen) atoms. The van der Waals surface area contributed by atoms with Crippen LogP contribution in [0.25, 0.3) is 0 Å². The molecule has 1 saturated heterocycles. The van der Waals surface area contributed by atoms with Gasteiger partial charge in [-0.25, -0.2) is 9.59 Å². The van der Waals surface area contributed by atoms with E-state index in [1.165, 1.54) is 19.2 Å². The van der Waals surface area contributed by atoms with E-state index in [1.807, 2.05) is 13.8 Å². The average molecular weight is 282 g/mol. The predicted molar refractivity (Wildman–Crippen MR) is 70.7 cm³/mol. The Morgan fingerprint density at radius 1 is 1.15 bits per heavy atom. The van der Waals surface area contributed by atoms with Gasteiger partial charge in [-0.05, 0) is 26.0 Å². The lowest BCUT2D eigenvalue weighted by Crippen LogP contribution is -2.18. The van der Waals surface area contributed by atoms with Crippen LogP contribution in [-0.4, -0.2) is 43.2 Å². The fraction of sp³-hybridized carbons (Fsp3) is 0.429. The van der Waals surface area contributed by atoms with Gasteiger partial charge < -0.3 is 19.3 Å². The molecule has 1 aromatic carbocycles. The number of hydrogen-bond acceptors (Lipinski definition) is 5. The Kier molecular flexibility index (Phi) is 5.66. The SMILES string of the molecule is CC1(C)OCCO1.COC(=O)c1ccccc1C(=O)O. The summed E-state index contributed by atoms with van der Waals surface area (Å²) < 4.78 is 14.7. The Hall–Kier alpha value is -1.92. The van der Waals surface area contributed by atoms with Crippen molar-refractivity contribution < 1.29 is 28.9 Å². The van der Waals surface area contributed by atoms with Gasteiger partial charge in [-0.15, -0.1) is 0 Å². The van der Waals surface area contributed by atoms with Crippen molar-refractivity contribution >= 4 is 11.9 Å². The van der Waals surface area contributed by atoms with Gasteiger partial charge in [-0.3, -0.25) is 0 Å². The van der Waals surface area contributed by atoms with E-state index in [0.717, 1.165) is 13.2 Å². The molecule has 1 fully saturated rings. The minimum absolute atomic E-state index is 0.0469. The lowest BCUT2D eigenvalue weighted by molar-refractivity contribution is -0.125. The average Bonchev–Trinajstić information content (AvgIpc) is 2.83. The highest BCUT2D eigenvalue weighted by atomic mass is 16.7. The predicted octanol–water partition coefficient (Wildman–Crippen LogP) is 1.94. The van der Waals surface area contributed by atoms with Gasteiger partial charge in [-0.1, -0.05) is 12.1 Å². The fourth-order valence-corrected chi connectivity index (χ4v) is 1.57. The molecule has 2 rings (SSSR count). The first-order chi connectivity index (χ1) is 9.37. The van der Waals surface area contributed by atoms with Gasteiger partial charge in [-0.2, -0.15) is 0 Å². The molecule has 0 radical (unpaired) electrons. The maximum absolute atomic E-state index is 11.1. The third-order valence-electron chi connectivity index (χ3n) is 2.55. The smallest absolute Gasteiger partial charge is 0.338 e. The molecular weight excluding hydrogens is 264 g/mol. The molecule has 0 bridgehead atoms. The third-order valence-corrected chi connectivity index (χ3v) is 2.55. The molecule has 0 amide bonds. The van der Waals surface area contributed by atoms with Crippen LogP contribution in [0, 0.1) is 0 Å². The number of aromatic carboxylic acids is 1. The van der Waals surface area contributed by atoms with Crippen molar-refractivity contribution in [3.8, 4) is 0 Å². The Morgan fingerprint density at radius 3 is 2.00 bits per heavy atom. The number of esters is 1. The van der Waals surface area contributed by atoms with E-state index in [9.17, 15) is 9.59 Å². The van der Waals surface area contributed by atoms with Crippen molar-refractivity contribution in [2.45, 2.75) is 19.6 Å². The van der Waals surface area contributed by atoms with E-state index < -0.39 is 11.9 Å². The van der Waals surface area contributed by atoms with E-state index in [2.05, 4.69) is 4.74 Å². The third kappa shape index (κ3) is 4.64. The van der Waals surface area contributed by atoms with E-state index in [-0.39, 0.29) is 16.9 Å². The van der Waals surface area contributed by atoms with Crippen LogP contribution in [0.2, 0.25) is 0 Å². The largest absolute Gasteiger partial charge is 0.478 e. The molecule has 1 aliphatic rings. The van der Waals surface area contributed by atoms with Gasteiger partial charge in [0.1, 0.15) is 0 Å². The summed E-state index contributed by atoms with van der Waals surface area (Å²) in [7, 11) is 1.21. The molecule has 1 heterocycles. The van der Waals surface area contributed by atoms with E-state index in [4.69, 9.17) is 14.6 Å². The molecule has 0 saturated carbocycles. The number of benzene rings is 1. The summed E-state index contributed by atoms with van der Waals surface area (Å²) in [4.78, 5) is 21.7. The van der Waals surface area contributed by atoms with E-state index in [1.54, 1.807) is 12.1 Å². The van der Waals surface area contributed by atoms with E-state index >= 15 is 0 Å². The molecule has 0 aliphatic carbocycles. The fourth-order valence-electron chi connectivity index (χ4n) is 1.57. The number of carboxylic acid groups (broad SMARTS) is 1. The first kappa shape index (κ1) is 16.1. The molecule has 0 unspecified atom stereocenters. The maximum atomic E-state index is 11.1. The molecule has 0 atom stereocenters. The number of carboxylic acids is 1. The van der Waals surface area contributed by atoms with Crippen LogP contribution in [0.4, 0.5) is 0 Å². The molecule has 1 N–H and O–H groups in total. The van der Waals surface area contributed by atoms with Crippen molar-refractivity contribution in [2.75, 3.05) is 20.3 Å². The molecule has 1 aliphatic heterocycles. The number of hydrogen-bond donors (Lipinski definition) is 1. The highest BCUT2D eigenvalue weighted by molar-refractivity contribution is 6.02. The second kappa shape index (κ2) is 7.02. The number of rotatable bonds is 2. The minimum atomic E-state index is -1.14. The zero-order valence-corrected chi connectivity index (χ0v) is 11.7. The lowest BCUT2D eigenvalue weighted by Gasteiger charge is -2.13. The summed E-state index contributed by atoms with van der Waals surface area (Å²) in [5.74, 6) is -2.08. The van der Waals surface area contributed by atoms with E-state index in [0.29, 0.717) is 0 Å². The Balaban J connectivity index is 0.000000240. The van der Waals surface area contributed by atoms with Crippen molar-refractivity contribution in [2.24, 2.45) is 0 Å². The Labute approximate surface area is 117 Å². The van der Waals surface area contributed by atoms with Gasteiger partial charge in [0.25, 0.3) is 0 Å². The first-order valence-corrected chi connectivity index (χ1v) is 6.06. The summed E-state index contributed by atoms with van der Waals surface area (Å²) in [6, 6.07) is 5.90. The van der Waals surface area contributed by atoms with Crippen LogP contribution in [-0.2, 0) is 14.2 Å². The van der Waals surface area contributed by atoms with Gasteiger partial charge in [0.2, 0.25) is 0 Å². The Bertz CT molecular complexity index is 472. The van der Waals surface area contributed by atoms with Crippen LogP contribution in [0.1, 0.15) is 34.6 Å².